The van der Waals surface area contributed by atoms with Crippen molar-refractivity contribution in [1.29, 1.82) is 0 Å². The van der Waals surface area contributed by atoms with Gasteiger partial charge < -0.3 is 14.2 Å². The van der Waals surface area contributed by atoms with Crippen LogP contribution in [-0.2, 0) is 0 Å². The van der Waals surface area contributed by atoms with Crippen molar-refractivity contribution in [2.24, 2.45) is 0 Å². The van der Waals surface area contributed by atoms with Gasteiger partial charge in [-0.1, -0.05) is 0 Å². The monoisotopic (exact) mass is 278 g/mol. The van der Waals surface area contributed by atoms with Crippen LogP contribution in [-0.4, -0.2) is 50.7 Å². The third-order valence-electron chi connectivity index (χ3n) is 2.16. The van der Waals surface area contributed by atoms with Crippen LogP contribution in [0, 0.1) is 6.92 Å². The van der Waals surface area contributed by atoms with Crippen LogP contribution in [0.2, 0.25) is 0 Å². The van der Waals surface area contributed by atoms with Crippen LogP contribution in [0.4, 0.5) is 0 Å². The Morgan fingerprint density at radius 2 is 1.30 bits per heavy atom. The van der Waals surface area contributed by atoms with Gasteiger partial charge in [-0.05, 0) is 13.8 Å². The third-order valence-corrected chi connectivity index (χ3v) is 2.16. The van der Waals surface area contributed by atoms with Gasteiger partial charge in [0, 0.05) is 0 Å². The Balaban J connectivity index is 2.49. The first-order valence-corrected chi connectivity index (χ1v) is 5.86. The summed E-state index contributed by atoms with van der Waals surface area (Å²) >= 11 is 0. The van der Waals surface area contributed by atoms with E-state index < -0.39 is 0 Å². The minimum absolute atomic E-state index is 0.114. The molecule has 0 N–H and O–H groups in total. The van der Waals surface area contributed by atoms with Crippen molar-refractivity contribution in [2.75, 3.05) is 20.8 Å². The van der Waals surface area contributed by atoms with E-state index in [0.29, 0.717) is 12.4 Å². The summed E-state index contributed by atoms with van der Waals surface area (Å²) in [6.45, 7) is 4.02. The van der Waals surface area contributed by atoms with Crippen molar-refractivity contribution < 1.29 is 14.2 Å². The lowest BCUT2D eigenvalue weighted by atomic mass is 10.5. The maximum absolute atomic E-state index is 5.27. The molecule has 0 spiro atoms. The van der Waals surface area contributed by atoms with E-state index in [9.17, 15) is 0 Å². The van der Waals surface area contributed by atoms with Crippen LogP contribution in [0.3, 0.4) is 0 Å². The predicted molar refractivity (Wildman–Crippen MR) is 67.7 cm³/mol. The smallest absolute Gasteiger partial charge is 0.323 e. The van der Waals surface area contributed by atoms with E-state index in [1.807, 2.05) is 6.92 Å². The number of aryl methyl sites for hydroxylation is 1. The van der Waals surface area contributed by atoms with Crippen LogP contribution in [0.5, 0.6) is 18.0 Å². The second-order valence-electron chi connectivity index (χ2n) is 3.55. The minimum Gasteiger partial charge on any atom is -0.467 e. The molecule has 2 aromatic rings. The van der Waals surface area contributed by atoms with Crippen LogP contribution < -0.4 is 14.2 Å². The molecular formula is C11H14N6O3. The summed E-state index contributed by atoms with van der Waals surface area (Å²) < 4.78 is 15.2. The molecule has 0 bridgehead atoms. The van der Waals surface area contributed by atoms with Gasteiger partial charge in [-0.2, -0.15) is 19.9 Å². The Bertz CT molecular complexity index is 584. The fourth-order valence-corrected chi connectivity index (χ4v) is 1.37. The van der Waals surface area contributed by atoms with Crippen molar-refractivity contribution in [3.8, 4) is 29.7 Å². The summed E-state index contributed by atoms with van der Waals surface area (Å²) in [5.41, 5.74) is 0. The highest BCUT2D eigenvalue weighted by Crippen LogP contribution is 2.17. The van der Waals surface area contributed by atoms with E-state index in [-0.39, 0.29) is 29.7 Å². The number of nitrogens with zero attached hydrogens (tertiary/aromatic N) is 6. The zero-order chi connectivity index (χ0) is 14.5. The third kappa shape index (κ3) is 3.05. The fraction of sp³-hybridized carbons (Fsp3) is 0.455. The number of ether oxygens (including phenoxy) is 3. The van der Waals surface area contributed by atoms with Gasteiger partial charge in [0.2, 0.25) is 11.6 Å². The number of rotatable bonds is 5. The molecule has 0 radical (unpaired) electrons. The molecule has 2 aromatic heterocycles. The van der Waals surface area contributed by atoms with Gasteiger partial charge in [0.05, 0.1) is 20.8 Å². The van der Waals surface area contributed by atoms with Crippen molar-refractivity contribution in [3.05, 3.63) is 5.82 Å². The van der Waals surface area contributed by atoms with E-state index in [2.05, 4.69) is 29.9 Å². The summed E-state index contributed by atoms with van der Waals surface area (Å²) in [5, 5.41) is 0. The molecule has 0 aromatic carbocycles. The molecule has 0 aliphatic heterocycles. The number of hydrogen-bond donors (Lipinski definition) is 0. The van der Waals surface area contributed by atoms with E-state index in [0.717, 1.165) is 0 Å². The van der Waals surface area contributed by atoms with Crippen molar-refractivity contribution in [1.82, 2.24) is 29.9 Å². The Hall–Kier alpha value is -2.58. The van der Waals surface area contributed by atoms with E-state index in [4.69, 9.17) is 14.2 Å². The maximum atomic E-state index is 5.27. The Morgan fingerprint density at radius 3 is 1.85 bits per heavy atom. The molecule has 106 valence electrons. The molecule has 0 saturated carbocycles. The van der Waals surface area contributed by atoms with Crippen LogP contribution in [0.25, 0.3) is 11.6 Å². The van der Waals surface area contributed by atoms with Crippen molar-refractivity contribution in [2.45, 2.75) is 13.8 Å². The van der Waals surface area contributed by atoms with Gasteiger partial charge in [-0.3, -0.25) is 0 Å². The van der Waals surface area contributed by atoms with Crippen molar-refractivity contribution in [3.63, 3.8) is 0 Å². The summed E-state index contributed by atoms with van der Waals surface area (Å²) in [6, 6.07) is 0.444. The summed E-state index contributed by atoms with van der Waals surface area (Å²) in [7, 11) is 2.89. The first-order valence-electron chi connectivity index (χ1n) is 5.86. The fourth-order valence-electron chi connectivity index (χ4n) is 1.37. The van der Waals surface area contributed by atoms with Crippen LogP contribution >= 0.6 is 0 Å². The molecule has 0 saturated heterocycles. The number of aromatic nitrogens is 6. The number of methoxy groups -OCH3 is 2. The summed E-state index contributed by atoms with van der Waals surface area (Å²) in [5.74, 6) is 0.983. The molecule has 0 aliphatic carbocycles. The summed E-state index contributed by atoms with van der Waals surface area (Å²) in [6.07, 6.45) is 0. The van der Waals surface area contributed by atoms with Gasteiger partial charge in [0.15, 0.2) is 0 Å². The van der Waals surface area contributed by atoms with E-state index in [1.165, 1.54) is 14.2 Å². The normalized spacial score (nSPS) is 10.2. The van der Waals surface area contributed by atoms with E-state index in [1.54, 1.807) is 6.92 Å². The zero-order valence-electron chi connectivity index (χ0n) is 11.6. The van der Waals surface area contributed by atoms with Gasteiger partial charge in [0.25, 0.3) is 0 Å². The average molecular weight is 278 g/mol. The first kappa shape index (κ1) is 13.8. The standard InChI is InChI=1S/C11H14N6O3/c1-5-20-11-13-6(2)12-7(16-11)8-14-9(18-3)17-10(15-8)19-4/h5H2,1-4H3. The quantitative estimate of drug-likeness (QED) is 0.770. The van der Waals surface area contributed by atoms with E-state index >= 15 is 0 Å². The van der Waals surface area contributed by atoms with Crippen LogP contribution in [0.1, 0.15) is 12.7 Å². The maximum Gasteiger partial charge on any atom is 0.323 e. The lowest BCUT2D eigenvalue weighted by Gasteiger charge is -2.06. The lowest BCUT2D eigenvalue weighted by Crippen LogP contribution is -2.06. The Morgan fingerprint density at radius 1 is 0.750 bits per heavy atom. The Labute approximate surface area is 115 Å². The lowest BCUT2D eigenvalue weighted by molar-refractivity contribution is 0.310. The second-order valence-corrected chi connectivity index (χ2v) is 3.55. The molecule has 0 atom stereocenters. The SMILES string of the molecule is CCOc1nc(C)nc(-c2nc(OC)nc(OC)n2)n1. The largest absolute Gasteiger partial charge is 0.467 e. The molecule has 0 aliphatic rings. The van der Waals surface area contributed by atoms with Gasteiger partial charge in [0.1, 0.15) is 5.82 Å². The molecule has 2 heterocycles. The molecule has 0 fully saturated rings. The van der Waals surface area contributed by atoms with Crippen LogP contribution in [0.15, 0.2) is 0 Å². The molecule has 0 amide bonds. The average Bonchev–Trinajstić information content (AvgIpc) is 2.46. The minimum atomic E-state index is 0.114. The molecule has 9 heteroatoms. The zero-order valence-corrected chi connectivity index (χ0v) is 11.6. The molecular weight excluding hydrogens is 264 g/mol. The topological polar surface area (TPSA) is 105 Å². The molecule has 20 heavy (non-hydrogen) atoms. The Kier molecular flexibility index (Phi) is 4.18. The van der Waals surface area contributed by atoms with Gasteiger partial charge in [-0.25, -0.2) is 4.98 Å². The highest BCUT2D eigenvalue weighted by molar-refractivity contribution is 5.44. The first-order chi connectivity index (χ1) is 9.66. The predicted octanol–water partition coefficient (Wildman–Crippen LogP) is 0.448. The molecule has 0 unspecified atom stereocenters. The number of hydrogen-bond acceptors (Lipinski definition) is 9. The second kappa shape index (κ2) is 6.04. The van der Waals surface area contributed by atoms with Crippen molar-refractivity contribution >= 4 is 0 Å². The van der Waals surface area contributed by atoms with Gasteiger partial charge in [-0.15, -0.1) is 4.98 Å². The highest BCUT2D eigenvalue weighted by atomic mass is 16.5. The van der Waals surface area contributed by atoms with Gasteiger partial charge >= 0.3 is 18.0 Å². The molecule has 2 rings (SSSR count). The summed E-state index contributed by atoms with van der Waals surface area (Å²) in [4.78, 5) is 24.4. The highest BCUT2D eigenvalue weighted by Gasteiger charge is 2.14. The molecule has 9 nitrogen and oxygen atoms in total.